The van der Waals surface area contributed by atoms with Crippen molar-refractivity contribution in [2.24, 2.45) is 5.92 Å². The molecule has 108 valence electrons. The minimum atomic E-state index is 0.133. The van der Waals surface area contributed by atoms with Gasteiger partial charge in [-0.25, -0.2) is 0 Å². The first-order valence-corrected chi connectivity index (χ1v) is 7.12. The molecule has 2 aromatic rings. The Labute approximate surface area is 120 Å². The van der Waals surface area contributed by atoms with Gasteiger partial charge in [0, 0.05) is 18.2 Å². The molecule has 0 amide bonds. The molecular formula is C16H23N3O. The van der Waals surface area contributed by atoms with Gasteiger partial charge in [-0.05, 0) is 17.9 Å². The van der Waals surface area contributed by atoms with Gasteiger partial charge in [0.15, 0.2) is 0 Å². The Morgan fingerprint density at radius 3 is 2.65 bits per heavy atom. The van der Waals surface area contributed by atoms with E-state index in [0.29, 0.717) is 12.5 Å². The van der Waals surface area contributed by atoms with E-state index in [2.05, 4.69) is 41.5 Å². The Hall–Kier alpha value is -1.65. The molecule has 20 heavy (non-hydrogen) atoms. The maximum Gasteiger partial charge on any atom is 0.0695 e. The van der Waals surface area contributed by atoms with Crippen molar-refractivity contribution in [3.05, 3.63) is 42.1 Å². The topological polar surface area (TPSA) is 60.9 Å². The number of nitrogens with one attached hydrogen (secondary N) is 2. The summed E-state index contributed by atoms with van der Waals surface area (Å²) >= 11 is 0. The lowest BCUT2D eigenvalue weighted by Crippen LogP contribution is -2.33. The van der Waals surface area contributed by atoms with Crippen molar-refractivity contribution in [3.63, 3.8) is 0 Å². The van der Waals surface area contributed by atoms with Gasteiger partial charge < -0.3 is 10.4 Å². The van der Waals surface area contributed by atoms with Gasteiger partial charge in [0.2, 0.25) is 0 Å². The van der Waals surface area contributed by atoms with E-state index in [-0.39, 0.29) is 12.6 Å². The molecule has 1 heterocycles. The number of aromatic amines is 1. The van der Waals surface area contributed by atoms with Crippen LogP contribution in [0.1, 0.15) is 25.8 Å². The minimum absolute atomic E-state index is 0.133. The second kappa shape index (κ2) is 7.22. The van der Waals surface area contributed by atoms with Crippen molar-refractivity contribution >= 4 is 0 Å². The van der Waals surface area contributed by atoms with Crippen LogP contribution in [0.5, 0.6) is 0 Å². The number of aliphatic hydroxyl groups excluding tert-OH is 1. The van der Waals surface area contributed by atoms with Crippen molar-refractivity contribution in [3.8, 4) is 11.3 Å². The van der Waals surface area contributed by atoms with E-state index in [1.807, 2.05) is 24.4 Å². The molecule has 1 unspecified atom stereocenters. The van der Waals surface area contributed by atoms with Crippen LogP contribution in [0, 0.1) is 5.92 Å². The maximum atomic E-state index is 9.40. The van der Waals surface area contributed by atoms with Crippen LogP contribution < -0.4 is 5.32 Å². The predicted octanol–water partition coefficient (Wildman–Crippen LogP) is 2.57. The number of aromatic nitrogens is 2. The summed E-state index contributed by atoms with van der Waals surface area (Å²) in [6, 6.07) is 10.3. The van der Waals surface area contributed by atoms with Crippen molar-refractivity contribution in [1.29, 1.82) is 0 Å². The highest BCUT2D eigenvalue weighted by molar-refractivity contribution is 5.62. The quantitative estimate of drug-likeness (QED) is 0.726. The summed E-state index contributed by atoms with van der Waals surface area (Å²) in [6.45, 7) is 5.20. The molecule has 0 saturated carbocycles. The Morgan fingerprint density at radius 1 is 1.25 bits per heavy atom. The third-order valence-corrected chi connectivity index (χ3v) is 3.34. The van der Waals surface area contributed by atoms with E-state index in [4.69, 9.17) is 0 Å². The highest BCUT2D eigenvalue weighted by Crippen LogP contribution is 2.20. The summed E-state index contributed by atoms with van der Waals surface area (Å²) in [5.41, 5.74) is 3.30. The second-order valence-electron chi connectivity index (χ2n) is 5.53. The maximum absolute atomic E-state index is 9.40. The van der Waals surface area contributed by atoms with Crippen LogP contribution in [0.15, 0.2) is 36.5 Å². The van der Waals surface area contributed by atoms with Gasteiger partial charge in [0.05, 0.1) is 18.5 Å². The molecule has 0 spiro atoms. The lowest BCUT2D eigenvalue weighted by atomic mass is 10.0. The summed E-state index contributed by atoms with van der Waals surface area (Å²) in [7, 11) is 0. The van der Waals surface area contributed by atoms with Crippen LogP contribution in [0.3, 0.4) is 0 Å². The Kier molecular flexibility index (Phi) is 5.32. The molecule has 2 rings (SSSR count). The largest absolute Gasteiger partial charge is 0.395 e. The molecule has 0 radical (unpaired) electrons. The zero-order valence-electron chi connectivity index (χ0n) is 12.1. The number of hydrogen-bond donors (Lipinski definition) is 3. The Bertz CT molecular complexity index is 507. The van der Waals surface area contributed by atoms with Gasteiger partial charge in [-0.3, -0.25) is 5.10 Å². The number of aliphatic hydroxyl groups is 1. The third kappa shape index (κ3) is 3.92. The van der Waals surface area contributed by atoms with Gasteiger partial charge >= 0.3 is 0 Å². The summed E-state index contributed by atoms with van der Waals surface area (Å²) < 4.78 is 0. The van der Waals surface area contributed by atoms with Crippen LogP contribution in [-0.4, -0.2) is 28.0 Å². The highest BCUT2D eigenvalue weighted by Gasteiger charge is 2.12. The molecule has 4 heteroatoms. The highest BCUT2D eigenvalue weighted by atomic mass is 16.3. The zero-order valence-corrected chi connectivity index (χ0v) is 12.1. The summed E-state index contributed by atoms with van der Waals surface area (Å²) in [4.78, 5) is 0. The van der Waals surface area contributed by atoms with E-state index in [0.717, 1.165) is 23.2 Å². The first-order valence-electron chi connectivity index (χ1n) is 7.12. The third-order valence-electron chi connectivity index (χ3n) is 3.34. The van der Waals surface area contributed by atoms with Crippen LogP contribution in [0.2, 0.25) is 0 Å². The Balaban J connectivity index is 2.02. The minimum Gasteiger partial charge on any atom is -0.395 e. The van der Waals surface area contributed by atoms with Gasteiger partial charge in [-0.2, -0.15) is 5.10 Å². The van der Waals surface area contributed by atoms with Crippen molar-refractivity contribution in [1.82, 2.24) is 15.5 Å². The van der Waals surface area contributed by atoms with Gasteiger partial charge in [0.1, 0.15) is 0 Å². The zero-order chi connectivity index (χ0) is 14.4. The molecule has 4 nitrogen and oxygen atoms in total. The molecule has 3 N–H and O–H groups in total. The van der Waals surface area contributed by atoms with Gasteiger partial charge in [-0.15, -0.1) is 0 Å². The number of hydrogen-bond acceptors (Lipinski definition) is 3. The standard InChI is InChI=1S/C16H23N3O/c1-12(2)8-15(11-20)17-9-14-10-18-19-16(14)13-6-4-3-5-7-13/h3-7,10,12,15,17,20H,8-9,11H2,1-2H3,(H,18,19). The molecule has 0 aliphatic carbocycles. The lowest BCUT2D eigenvalue weighted by Gasteiger charge is -2.18. The number of nitrogens with zero attached hydrogens (tertiary/aromatic N) is 1. The predicted molar refractivity (Wildman–Crippen MR) is 81.2 cm³/mol. The summed E-state index contributed by atoms with van der Waals surface area (Å²) in [6.07, 6.45) is 2.81. The number of rotatable bonds is 7. The van der Waals surface area contributed by atoms with E-state index < -0.39 is 0 Å². The van der Waals surface area contributed by atoms with Crippen LogP contribution in [0.25, 0.3) is 11.3 Å². The fourth-order valence-corrected chi connectivity index (χ4v) is 2.35. The smallest absolute Gasteiger partial charge is 0.0695 e. The van der Waals surface area contributed by atoms with Gasteiger partial charge in [-0.1, -0.05) is 44.2 Å². The van der Waals surface area contributed by atoms with Crippen molar-refractivity contribution in [2.45, 2.75) is 32.9 Å². The molecule has 1 aromatic heterocycles. The van der Waals surface area contributed by atoms with Crippen LogP contribution in [-0.2, 0) is 6.54 Å². The second-order valence-corrected chi connectivity index (χ2v) is 5.53. The molecule has 1 atom stereocenters. The monoisotopic (exact) mass is 273 g/mol. The van der Waals surface area contributed by atoms with Crippen molar-refractivity contribution < 1.29 is 5.11 Å². The van der Waals surface area contributed by atoms with Gasteiger partial charge in [0.25, 0.3) is 0 Å². The molecular weight excluding hydrogens is 250 g/mol. The molecule has 1 aromatic carbocycles. The summed E-state index contributed by atoms with van der Waals surface area (Å²) in [5.74, 6) is 0.567. The number of H-pyrrole nitrogens is 1. The Morgan fingerprint density at radius 2 is 2.00 bits per heavy atom. The van der Waals surface area contributed by atoms with Crippen molar-refractivity contribution in [2.75, 3.05) is 6.61 Å². The van der Waals surface area contributed by atoms with E-state index in [9.17, 15) is 5.11 Å². The average Bonchev–Trinajstić information content (AvgIpc) is 2.92. The van der Waals surface area contributed by atoms with Crippen LogP contribution in [0.4, 0.5) is 0 Å². The summed E-state index contributed by atoms with van der Waals surface area (Å²) in [5, 5.41) is 20.0. The molecule has 0 fully saturated rings. The number of benzene rings is 1. The normalized spacial score (nSPS) is 12.8. The molecule has 0 aliphatic rings. The fourth-order valence-electron chi connectivity index (χ4n) is 2.35. The van der Waals surface area contributed by atoms with E-state index in [1.54, 1.807) is 0 Å². The molecule has 0 saturated heterocycles. The first kappa shape index (κ1) is 14.8. The molecule has 0 bridgehead atoms. The van der Waals surface area contributed by atoms with E-state index >= 15 is 0 Å². The SMILES string of the molecule is CC(C)CC(CO)NCc1cn[nH]c1-c1ccccc1. The fraction of sp³-hybridized carbons (Fsp3) is 0.438. The van der Waals surface area contributed by atoms with E-state index in [1.165, 1.54) is 0 Å². The first-order chi connectivity index (χ1) is 9.70. The average molecular weight is 273 g/mol. The molecule has 0 aliphatic heterocycles. The lowest BCUT2D eigenvalue weighted by molar-refractivity contribution is 0.223. The van der Waals surface area contributed by atoms with Crippen LogP contribution >= 0.6 is 0 Å².